The lowest BCUT2D eigenvalue weighted by atomic mass is 9.87. The monoisotopic (exact) mass is 245 g/mol. The summed E-state index contributed by atoms with van der Waals surface area (Å²) in [4.78, 5) is 5.90. The van der Waals surface area contributed by atoms with Gasteiger partial charge in [-0.15, -0.1) is 11.3 Å². The Morgan fingerprint density at radius 2 is 1.59 bits per heavy atom. The molecule has 0 bridgehead atoms. The maximum Gasteiger partial charge on any atom is 0.123 e. The predicted molar refractivity (Wildman–Crippen MR) is 75.7 cm³/mol. The van der Waals surface area contributed by atoms with E-state index in [0.29, 0.717) is 0 Å². The fourth-order valence-corrected chi connectivity index (χ4v) is 2.63. The first kappa shape index (κ1) is 12.3. The molecule has 90 valence electrons. The van der Waals surface area contributed by atoms with E-state index in [-0.39, 0.29) is 5.41 Å². The molecular formula is C15H19NS. The number of rotatable bonds is 1. The minimum absolute atomic E-state index is 0.216. The molecule has 0 amide bonds. The van der Waals surface area contributed by atoms with Crippen molar-refractivity contribution in [2.24, 2.45) is 0 Å². The third kappa shape index (κ3) is 2.58. The third-order valence-electron chi connectivity index (χ3n) is 3.03. The van der Waals surface area contributed by atoms with Crippen molar-refractivity contribution in [3.8, 4) is 10.6 Å². The van der Waals surface area contributed by atoms with E-state index in [9.17, 15) is 0 Å². The number of aromatic nitrogens is 1. The number of hydrogen-bond acceptors (Lipinski definition) is 2. The molecule has 0 spiro atoms. The topological polar surface area (TPSA) is 12.9 Å². The number of hydrogen-bond donors (Lipinski definition) is 0. The molecule has 0 atom stereocenters. The van der Waals surface area contributed by atoms with Gasteiger partial charge in [-0.3, -0.25) is 0 Å². The van der Waals surface area contributed by atoms with E-state index in [1.165, 1.54) is 16.0 Å². The summed E-state index contributed by atoms with van der Waals surface area (Å²) in [7, 11) is 0. The van der Waals surface area contributed by atoms with Gasteiger partial charge in [0.1, 0.15) is 5.01 Å². The van der Waals surface area contributed by atoms with Gasteiger partial charge in [-0.1, -0.05) is 45.0 Å². The summed E-state index contributed by atoms with van der Waals surface area (Å²) < 4.78 is 0. The molecule has 1 nitrogen and oxygen atoms in total. The van der Waals surface area contributed by atoms with E-state index in [1.54, 1.807) is 11.3 Å². The second-order valence-corrected chi connectivity index (χ2v) is 6.69. The van der Waals surface area contributed by atoms with Crippen LogP contribution in [0.5, 0.6) is 0 Å². The Bertz CT molecular complexity index is 495. The normalized spacial score (nSPS) is 11.8. The SMILES string of the molecule is Cc1nc(-c2ccc(C(C)(C)C)cc2)sc1C. The Morgan fingerprint density at radius 1 is 1.00 bits per heavy atom. The standard InChI is InChI=1S/C15H19NS/c1-10-11(2)17-14(16-10)12-6-8-13(9-7-12)15(3,4)5/h6-9H,1-5H3. The molecule has 1 aromatic carbocycles. The minimum atomic E-state index is 0.216. The van der Waals surface area contributed by atoms with Gasteiger partial charge in [-0.25, -0.2) is 4.98 Å². The summed E-state index contributed by atoms with van der Waals surface area (Å²) in [5.74, 6) is 0. The van der Waals surface area contributed by atoms with Crippen molar-refractivity contribution >= 4 is 11.3 Å². The summed E-state index contributed by atoms with van der Waals surface area (Å²) >= 11 is 1.77. The summed E-state index contributed by atoms with van der Waals surface area (Å²) in [5.41, 5.74) is 3.95. The van der Waals surface area contributed by atoms with Crippen LogP contribution in [-0.4, -0.2) is 4.98 Å². The van der Waals surface area contributed by atoms with Crippen molar-refractivity contribution in [2.45, 2.75) is 40.0 Å². The molecule has 0 aliphatic heterocycles. The average Bonchev–Trinajstić information content (AvgIpc) is 2.58. The highest BCUT2D eigenvalue weighted by Crippen LogP contribution is 2.29. The Kier molecular flexibility index (Phi) is 3.09. The van der Waals surface area contributed by atoms with E-state index in [4.69, 9.17) is 0 Å². The summed E-state index contributed by atoms with van der Waals surface area (Å²) in [5, 5.41) is 1.13. The highest BCUT2D eigenvalue weighted by molar-refractivity contribution is 7.15. The quantitative estimate of drug-likeness (QED) is 0.708. The highest BCUT2D eigenvalue weighted by Gasteiger charge is 2.13. The summed E-state index contributed by atoms with van der Waals surface area (Å²) in [6, 6.07) is 8.78. The van der Waals surface area contributed by atoms with E-state index in [0.717, 1.165) is 10.7 Å². The first-order valence-electron chi connectivity index (χ1n) is 5.93. The van der Waals surface area contributed by atoms with Crippen molar-refractivity contribution < 1.29 is 0 Å². The number of aryl methyl sites for hydroxylation is 2. The zero-order valence-electron chi connectivity index (χ0n) is 11.2. The Balaban J connectivity index is 2.36. The molecule has 0 N–H and O–H groups in total. The zero-order valence-corrected chi connectivity index (χ0v) is 12.0. The number of nitrogens with zero attached hydrogens (tertiary/aromatic N) is 1. The zero-order chi connectivity index (χ0) is 12.6. The number of benzene rings is 1. The van der Waals surface area contributed by atoms with Gasteiger partial charge in [0.2, 0.25) is 0 Å². The van der Waals surface area contributed by atoms with Gasteiger partial charge in [0.05, 0.1) is 5.69 Å². The van der Waals surface area contributed by atoms with E-state index in [1.807, 2.05) is 0 Å². The summed E-state index contributed by atoms with van der Waals surface area (Å²) in [6.07, 6.45) is 0. The maximum absolute atomic E-state index is 4.59. The van der Waals surface area contributed by atoms with Crippen LogP contribution < -0.4 is 0 Å². The van der Waals surface area contributed by atoms with Crippen molar-refractivity contribution in [1.29, 1.82) is 0 Å². The lowest BCUT2D eigenvalue weighted by Crippen LogP contribution is -2.10. The smallest absolute Gasteiger partial charge is 0.123 e. The van der Waals surface area contributed by atoms with Crippen molar-refractivity contribution in [1.82, 2.24) is 4.98 Å². The van der Waals surface area contributed by atoms with Crippen LogP contribution >= 0.6 is 11.3 Å². The van der Waals surface area contributed by atoms with Gasteiger partial charge in [-0.2, -0.15) is 0 Å². The molecule has 0 saturated carbocycles. The molecule has 2 heteroatoms. The van der Waals surface area contributed by atoms with Crippen molar-refractivity contribution in [2.75, 3.05) is 0 Å². The predicted octanol–water partition coefficient (Wildman–Crippen LogP) is 4.72. The molecule has 0 fully saturated rings. The first-order valence-corrected chi connectivity index (χ1v) is 6.74. The number of thiazole rings is 1. The molecule has 2 rings (SSSR count). The molecule has 1 aromatic heterocycles. The van der Waals surface area contributed by atoms with Crippen molar-refractivity contribution in [3.05, 3.63) is 40.4 Å². The van der Waals surface area contributed by atoms with Crippen LogP contribution in [0.1, 0.15) is 36.9 Å². The lowest BCUT2D eigenvalue weighted by Gasteiger charge is -2.18. The van der Waals surface area contributed by atoms with E-state index in [2.05, 4.69) is 63.9 Å². The van der Waals surface area contributed by atoms with Crippen LogP contribution in [0.4, 0.5) is 0 Å². The van der Waals surface area contributed by atoms with Crippen LogP contribution in [0.15, 0.2) is 24.3 Å². The van der Waals surface area contributed by atoms with E-state index < -0.39 is 0 Å². The largest absolute Gasteiger partial charge is 0.241 e. The van der Waals surface area contributed by atoms with Gasteiger partial charge in [0.25, 0.3) is 0 Å². The summed E-state index contributed by atoms with van der Waals surface area (Å²) in [6.45, 7) is 10.9. The fourth-order valence-electron chi connectivity index (χ4n) is 1.71. The highest BCUT2D eigenvalue weighted by atomic mass is 32.1. The molecule has 0 unspecified atom stereocenters. The van der Waals surface area contributed by atoms with Crippen LogP contribution in [-0.2, 0) is 5.41 Å². The van der Waals surface area contributed by atoms with E-state index >= 15 is 0 Å². The lowest BCUT2D eigenvalue weighted by molar-refractivity contribution is 0.590. The average molecular weight is 245 g/mol. The second kappa shape index (κ2) is 4.26. The molecule has 0 saturated heterocycles. The van der Waals surface area contributed by atoms with Gasteiger partial charge in [0.15, 0.2) is 0 Å². The van der Waals surface area contributed by atoms with Gasteiger partial charge >= 0.3 is 0 Å². The van der Waals surface area contributed by atoms with Crippen LogP contribution in [0.25, 0.3) is 10.6 Å². The maximum atomic E-state index is 4.59. The van der Waals surface area contributed by atoms with Crippen molar-refractivity contribution in [3.63, 3.8) is 0 Å². The van der Waals surface area contributed by atoms with Crippen LogP contribution in [0, 0.1) is 13.8 Å². The van der Waals surface area contributed by atoms with Crippen LogP contribution in [0.2, 0.25) is 0 Å². The Labute approximate surface area is 108 Å². The molecular weight excluding hydrogens is 226 g/mol. The Hall–Kier alpha value is -1.15. The second-order valence-electron chi connectivity index (χ2n) is 5.49. The fraction of sp³-hybridized carbons (Fsp3) is 0.400. The minimum Gasteiger partial charge on any atom is -0.241 e. The molecule has 0 aliphatic rings. The molecule has 0 aliphatic carbocycles. The van der Waals surface area contributed by atoms with Gasteiger partial charge in [-0.05, 0) is 24.8 Å². The molecule has 2 aromatic rings. The molecule has 1 heterocycles. The van der Waals surface area contributed by atoms with Gasteiger partial charge in [0, 0.05) is 10.4 Å². The van der Waals surface area contributed by atoms with Gasteiger partial charge < -0.3 is 0 Å². The third-order valence-corrected chi connectivity index (χ3v) is 4.15. The first-order chi connectivity index (χ1) is 7.88. The molecule has 0 radical (unpaired) electrons. The molecule has 17 heavy (non-hydrogen) atoms. The Morgan fingerprint density at radius 3 is 2.00 bits per heavy atom. The van der Waals surface area contributed by atoms with Crippen LogP contribution in [0.3, 0.4) is 0 Å².